The second-order valence-corrected chi connectivity index (χ2v) is 5.10. The number of carbonyl (C=O) groups excluding carboxylic acids is 1. The molecule has 0 spiro atoms. The van der Waals surface area contributed by atoms with Crippen LogP contribution in [0.4, 0.5) is 0 Å². The first-order valence-electron chi connectivity index (χ1n) is 5.70. The average molecular weight is 244 g/mol. The van der Waals surface area contributed by atoms with Crippen LogP contribution in [0.25, 0.3) is 11.3 Å². The van der Waals surface area contributed by atoms with Crippen molar-refractivity contribution < 1.29 is 4.79 Å². The van der Waals surface area contributed by atoms with E-state index >= 15 is 0 Å². The first-order chi connectivity index (χ1) is 8.39. The van der Waals surface area contributed by atoms with Crippen LogP contribution in [0.5, 0.6) is 0 Å². The van der Waals surface area contributed by atoms with E-state index in [4.69, 9.17) is 5.73 Å². The van der Waals surface area contributed by atoms with Crippen LogP contribution in [0.1, 0.15) is 31.3 Å². The summed E-state index contributed by atoms with van der Waals surface area (Å²) < 4.78 is 1.81. The molecule has 18 heavy (non-hydrogen) atoms. The Balaban J connectivity index is 2.62. The highest BCUT2D eigenvalue weighted by Gasteiger charge is 2.21. The van der Waals surface area contributed by atoms with E-state index in [1.807, 2.05) is 37.6 Å². The number of rotatable bonds is 2. The van der Waals surface area contributed by atoms with Gasteiger partial charge >= 0.3 is 0 Å². The van der Waals surface area contributed by atoms with E-state index in [9.17, 15) is 4.79 Å². The summed E-state index contributed by atoms with van der Waals surface area (Å²) in [6.07, 6.45) is 3.42. The van der Waals surface area contributed by atoms with Gasteiger partial charge in [0.1, 0.15) is 0 Å². The van der Waals surface area contributed by atoms with Gasteiger partial charge in [0.05, 0.1) is 11.2 Å². The van der Waals surface area contributed by atoms with Gasteiger partial charge in [-0.15, -0.1) is 0 Å². The number of pyridine rings is 1. The lowest BCUT2D eigenvalue weighted by Crippen LogP contribution is -2.25. The largest absolute Gasteiger partial charge is 0.364 e. The lowest BCUT2D eigenvalue weighted by Gasteiger charge is -2.22. The Morgan fingerprint density at radius 3 is 2.39 bits per heavy atom. The van der Waals surface area contributed by atoms with Gasteiger partial charge in [0.25, 0.3) is 5.91 Å². The summed E-state index contributed by atoms with van der Waals surface area (Å²) >= 11 is 0. The van der Waals surface area contributed by atoms with Crippen LogP contribution in [0.2, 0.25) is 0 Å². The molecule has 0 saturated heterocycles. The summed E-state index contributed by atoms with van der Waals surface area (Å²) in [5.41, 5.74) is 7.15. The van der Waals surface area contributed by atoms with Crippen molar-refractivity contribution in [3.8, 4) is 11.3 Å². The van der Waals surface area contributed by atoms with Crippen molar-refractivity contribution in [3.63, 3.8) is 0 Å². The van der Waals surface area contributed by atoms with Gasteiger partial charge in [0.15, 0.2) is 5.69 Å². The Bertz CT molecular complexity index is 566. The molecule has 0 saturated carbocycles. The number of carbonyl (C=O) groups is 1. The number of hydrogen-bond donors (Lipinski definition) is 1. The Morgan fingerprint density at radius 1 is 1.28 bits per heavy atom. The van der Waals surface area contributed by atoms with Crippen molar-refractivity contribution in [3.05, 3.63) is 36.3 Å². The number of primary amides is 1. The summed E-state index contributed by atoms with van der Waals surface area (Å²) in [4.78, 5) is 15.2. The topological polar surface area (TPSA) is 73.8 Å². The molecule has 1 amide bonds. The molecule has 2 rings (SSSR count). The maximum atomic E-state index is 11.3. The zero-order valence-corrected chi connectivity index (χ0v) is 10.7. The predicted molar refractivity (Wildman–Crippen MR) is 69.0 cm³/mol. The summed E-state index contributed by atoms with van der Waals surface area (Å²) in [6.45, 7) is 6.07. The average Bonchev–Trinajstić information content (AvgIpc) is 2.74. The second-order valence-electron chi connectivity index (χ2n) is 5.10. The molecule has 0 radical (unpaired) electrons. The van der Waals surface area contributed by atoms with Crippen molar-refractivity contribution >= 4 is 5.91 Å². The van der Waals surface area contributed by atoms with Crippen molar-refractivity contribution in [2.24, 2.45) is 5.73 Å². The summed E-state index contributed by atoms with van der Waals surface area (Å²) in [5.74, 6) is -0.520. The second kappa shape index (κ2) is 4.25. The summed E-state index contributed by atoms with van der Waals surface area (Å²) in [7, 11) is 0. The normalized spacial score (nSPS) is 11.5. The van der Waals surface area contributed by atoms with Crippen molar-refractivity contribution in [1.29, 1.82) is 0 Å². The van der Waals surface area contributed by atoms with Crippen molar-refractivity contribution in [1.82, 2.24) is 14.8 Å². The van der Waals surface area contributed by atoms with Gasteiger partial charge in [0.2, 0.25) is 0 Å². The molecule has 2 heterocycles. The van der Waals surface area contributed by atoms with Crippen molar-refractivity contribution in [2.45, 2.75) is 26.3 Å². The minimum atomic E-state index is -0.520. The zero-order valence-electron chi connectivity index (χ0n) is 10.7. The minimum absolute atomic E-state index is 0.230. The first kappa shape index (κ1) is 12.3. The molecule has 0 aliphatic heterocycles. The zero-order chi connectivity index (χ0) is 13.3. The third-order valence-corrected chi connectivity index (χ3v) is 2.57. The van der Waals surface area contributed by atoms with E-state index in [2.05, 4.69) is 10.1 Å². The van der Waals surface area contributed by atoms with Crippen LogP contribution in [0, 0.1) is 0 Å². The maximum absolute atomic E-state index is 11.3. The van der Waals surface area contributed by atoms with Gasteiger partial charge < -0.3 is 5.73 Å². The van der Waals surface area contributed by atoms with E-state index in [1.54, 1.807) is 18.5 Å². The van der Waals surface area contributed by atoms with Gasteiger partial charge in [-0.3, -0.25) is 14.5 Å². The highest BCUT2D eigenvalue weighted by Crippen LogP contribution is 2.25. The third-order valence-electron chi connectivity index (χ3n) is 2.57. The number of amides is 1. The van der Waals surface area contributed by atoms with Crippen LogP contribution >= 0.6 is 0 Å². The van der Waals surface area contributed by atoms with E-state index < -0.39 is 5.91 Å². The molecule has 94 valence electrons. The number of nitrogens with zero attached hydrogens (tertiary/aromatic N) is 3. The number of hydrogen-bond acceptors (Lipinski definition) is 3. The fraction of sp³-hybridized carbons (Fsp3) is 0.308. The highest BCUT2D eigenvalue weighted by atomic mass is 16.1. The molecule has 0 aliphatic rings. The molecule has 2 aromatic rings. The molecule has 5 nitrogen and oxygen atoms in total. The Kier molecular flexibility index (Phi) is 2.90. The van der Waals surface area contributed by atoms with E-state index in [0.717, 1.165) is 11.3 Å². The van der Waals surface area contributed by atoms with Crippen LogP contribution in [-0.4, -0.2) is 20.7 Å². The van der Waals surface area contributed by atoms with Crippen LogP contribution in [-0.2, 0) is 5.54 Å². The minimum Gasteiger partial charge on any atom is -0.364 e. The fourth-order valence-corrected chi connectivity index (χ4v) is 1.74. The standard InChI is InChI=1S/C13H16N4O/c1-13(2,3)17-11(8-10(16-17)12(14)18)9-4-6-15-7-5-9/h4-8H,1-3H3,(H2,14,18). The molecular formula is C13H16N4O. The summed E-state index contributed by atoms with van der Waals surface area (Å²) in [6, 6.07) is 5.47. The quantitative estimate of drug-likeness (QED) is 0.875. The summed E-state index contributed by atoms with van der Waals surface area (Å²) in [5, 5.41) is 4.28. The van der Waals surface area contributed by atoms with E-state index in [0.29, 0.717) is 0 Å². The molecule has 0 aromatic carbocycles. The van der Waals surface area contributed by atoms with Gasteiger partial charge in [-0.05, 0) is 39.0 Å². The van der Waals surface area contributed by atoms with Gasteiger partial charge in [-0.2, -0.15) is 5.10 Å². The monoisotopic (exact) mass is 244 g/mol. The molecule has 2 N–H and O–H groups in total. The molecule has 5 heteroatoms. The third kappa shape index (κ3) is 2.25. The first-order valence-corrected chi connectivity index (χ1v) is 5.70. The van der Waals surface area contributed by atoms with Crippen molar-refractivity contribution in [2.75, 3.05) is 0 Å². The molecule has 0 fully saturated rings. The van der Waals surface area contributed by atoms with Gasteiger partial charge in [-0.1, -0.05) is 0 Å². The lowest BCUT2D eigenvalue weighted by atomic mass is 10.1. The molecular weight excluding hydrogens is 228 g/mol. The predicted octanol–water partition coefficient (Wildman–Crippen LogP) is 1.80. The molecule has 0 aliphatic carbocycles. The van der Waals surface area contributed by atoms with Gasteiger partial charge in [0, 0.05) is 18.0 Å². The molecule has 0 atom stereocenters. The number of aromatic nitrogens is 3. The molecule has 0 unspecified atom stereocenters. The number of nitrogens with two attached hydrogens (primary N) is 1. The smallest absolute Gasteiger partial charge is 0.269 e. The van der Waals surface area contributed by atoms with Crippen LogP contribution in [0.3, 0.4) is 0 Å². The lowest BCUT2D eigenvalue weighted by molar-refractivity contribution is 0.0994. The maximum Gasteiger partial charge on any atom is 0.269 e. The fourth-order valence-electron chi connectivity index (χ4n) is 1.74. The Labute approximate surface area is 106 Å². The van der Waals surface area contributed by atoms with E-state index in [1.165, 1.54) is 0 Å². The Hall–Kier alpha value is -2.17. The van der Waals surface area contributed by atoms with Crippen LogP contribution in [0.15, 0.2) is 30.6 Å². The molecule has 2 aromatic heterocycles. The molecule has 0 bridgehead atoms. The Morgan fingerprint density at radius 2 is 1.89 bits per heavy atom. The van der Waals surface area contributed by atoms with Gasteiger partial charge in [-0.25, -0.2) is 0 Å². The highest BCUT2D eigenvalue weighted by molar-refractivity contribution is 5.92. The van der Waals surface area contributed by atoms with E-state index in [-0.39, 0.29) is 11.2 Å². The SMILES string of the molecule is CC(C)(C)n1nc(C(N)=O)cc1-c1ccncc1. The van der Waals surface area contributed by atoms with Crippen LogP contribution < -0.4 is 5.73 Å².